The number of hydrogen-bond acceptors (Lipinski definition) is 4. The molecule has 0 saturated heterocycles. The molecule has 0 heterocycles. The summed E-state index contributed by atoms with van der Waals surface area (Å²) in [6, 6.07) is 0. The van der Waals surface area contributed by atoms with E-state index < -0.39 is 16.2 Å². The van der Waals surface area contributed by atoms with Crippen LogP contribution in [0.5, 0.6) is 0 Å². The van der Waals surface area contributed by atoms with Crippen molar-refractivity contribution in [1.29, 1.82) is 0 Å². The Morgan fingerprint density at radius 3 is 0.733 bits per heavy atom. The third-order valence-corrected chi connectivity index (χ3v) is 0. The first-order valence-corrected chi connectivity index (χ1v) is 12.1. The van der Waals surface area contributed by atoms with Crippen LogP contribution < -0.4 is 0 Å². The molecule has 0 spiro atoms. The number of hydrogen-bond donors (Lipinski definition) is 2. The molecule has 0 aromatic heterocycles. The molecule has 0 atom stereocenters. The molecular formula is H6CdO8S2Se2Zn2. The van der Waals surface area contributed by atoms with E-state index in [9.17, 15) is 16.8 Å². The number of rotatable bonds is 0. The van der Waals surface area contributed by atoms with Crippen LogP contribution in [0.25, 0.3) is 0 Å². The SMILES string of the molecule is O=[S](=O)(O)[Zn+].O=[S](=O)(O)[Zn+].[Cd+2].[O-2].[O-2].[SeH2].[SeH2]. The zero-order chi connectivity index (χ0) is 9.00. The fourth-order valence-corrected chi connectivity index (χ4v) is 0. The Kier molecular flexibility index (Phi) is 55.3. The van der Waals surface area contributed by atoms with Crippen LogP contribution in [0.2, 0.25) is 0 Å². The zero-order valence-corrected chi connectivity index (χ0v) is 23.1. The summed E-state index contributed by atoms with van der Waals surface area (Å²) in [5.74, 6) is 0. The molecule has 0 unspecified atom stereocenters. The molecule has 0 fully saturated rings. The third kappa shape index (κ3) is 436. The van der Waals surface area contributed by atoms with E-state index in [1.807, 2.05) is 0 Å². The molecule has 0 aliphatic rings. The Labute approximate surface area is 146 Å². The first-order chi connectivity index (χ1) is 4.00. The third-order valence-electron chi connectivity index (χ3n) is 0. The Hall–Kier alpha value is 2.95. The van der Waals surface area contributed by atoms with Crippen LogP contribution >= 0.6 is 0 Å². The van der Waals surface area contributed by atoms with Crippen molar-refractivity contribution in [2.24, 2.45) is 0 Å². The predicted molar refractivity (Wildman–Crippen MR) is 41.6 cm³/mol. The summed E-state index contributed by atoms with van der Waals surface area (Å²) in [5, 5.41) is 0. The van der Waals surface area contributed by atoms with Gasteiger partial charge in [-0.3, -0.25) is 0 Å². The van der Waals surface area contributed by atoms with Crippen LogP contribution in [0.3, 0.4) is 0 Å². The van der Waals surface area contributed by atoms with Gasteiger partial charge in [-0.05, 0) is 0 Å². The summed E-state index contributed by atoms with van der Waals surface area (Å²) in [6.07, 6.45) is 0. The van der Waals surface area contributed by atoms with Gasteiger partial charge in [-0.1, -0.05) is 0 Å². The van der Waals surface area contributed by atoms with Gasteiger partial charge in [0.15, 0.2) is 0 Å². The summed E-state index contributed by atoms with van der Waals surface area (Å²) >= 11 is -0.153. The molecule has 0 rings (SSSR count). The molecule has 0 aromatic carbocycles. The average Bonchev–Trinajstić information content (AvgIpc) is 1.12. The molecule has 0 amide bonds. The van der Waals surface area contributed by atoms with E-state index in [1.165, 1.54) is 0 Å². The summed E-state index contributed by atoms with van der Waals surface area (Å²) in [5.41, 5.74) is 0. The molecule has 8 nitrogen and oxygen atoms in total. The minimum absolute atomic E-state index is 0. The van der Waals surface area contributed by atoms with E-state index in [1.54, 1.807) is 0 Å². The van der Waals surface area contributed by atoms with Crippen LogP contribution in [0, 0.1) is 0 Å². The van der Waals surface area contributed by atoms with Gasteiger partial charge in [-0.15, -0.1) is 0 Å². The van der Waals surface area contributed by atoms with Gasteiger partial charge >= 0.3 is 138 Å². The average molecular weight is 599 g/mol. The van der Waals surface area contributed by atoms with Crippen LogP contribution in [0.15, 0.2) is 0 Å². The van der Waals surface area contributed by atoms with Crippen molar-refractivity contribution < 1.29 is 98.4 Å². The van der Waals surface area contributed by atoms with Gasteiger partial charge < -0.3 is 11.0 Å². The quantitative estimate of drug-likeness (QED) is 0.218. The molecule has 2 N–H and O–H groups in total. The second kappa shape index (κ2) is 19.3. The Morgan fingerprint density at radius 2 is 0.733 bits per heavy atom. The molecule has 0 radical (unpaired) electrons. The van der Waals surface area contributed by atoms with Gasteiger partial charge in [0.05, 0.1) is 0 Å². The van der Waals surface area contributed by atoms with E-state index in [2.05, 4.69) is 0 Å². The maximum atomic E-state index is 9.24. The molecule has 0 saturated carbocycles. The summed E-state index contributed by atoms with van der Waals surface area (Å²) < 4.78 is 52.1. The Balaban J connectivity index is -0.0000000128. The van der Waals surface area contributed by atoms with Crippen molar-refractivity contribution in [3.05, 3.63) is 0 Å². The topological polar surface area (TPSA) is 166 Å². The van der Waals surface area contributed by atoms with Gasteiger partial charge in [0, 0.05) is 0 Å². The standard InChI is InChI=1S/Cd.2HO3S.2O.2H2Se.2Zn/c;2*1-4(2)3;;;;;;/h;2*(H,1,2,3);;;2*1H2;;/q+2;;;2*-2;;;2*+1. The summed E-state index contributed by atoms with van der Waals surface area (Å²) in [7, 11) is -7.08. The van der Waals surface area contributed by atoms with Gasteiger partial charge in [-0.25, -0.2) is 0 Å². The predicted octanol–water partition coefficient (Wildman–Crippen LogP) is -3.40. The zero-order valence-electron chi connectivity index (χ0n) is 7.28. The summed E-state index contributed by atoms with van der Waals surface area (Å²) in [6.45, 7) is 0. The van der Waals surface area contributed by atoms with E-state index in [0.717, 1.165) is 0 Å². The van der Waals surface area contributed by atoms with Crippen molar-refractivity contribution in [2.75, 3.05) is 0 Å². The first kappa shape index (κ1) is 43.0. The van der Waals surface area contributed by atoms with Crippen molar-refractivity contribution in [2.45, 2.75) is 0 Å². The molecule has 15 heavy (non-hydrogen) atoms. The van der Waals surface area contributed by atoms with E-state index >= 15 is 0 Å². The van der Waals surface area contributed by atoms with Crippen LogP contribution in [-0.2, 0) is 88.6 Å². The fraction of sp³-hybridized carbons (Fsp3) is 0. The molecule has 0 aliphatic carbocycles. The molecule has 0 aliphatic heterocycles. The monoisotopic (exact) mass is 600 g/mol. The second-order valence-corrected chi connectivity index (χ2v) is 12.7. The molecule has 84 valence electrons. The fourth-order valence-electron chi connectivity index (χ4n) is 0. The van der Waals surface area contributed by atoms with Crippen molar-refractivity contribution >= 4 is 50.4 Å². The molecule has 15 heteroatoms. The Morgan fingerprint density at radius 1 is 0.733 bits per heavy atom. The molecule has 0 aromatic rings. The van der Waals surface area contributed by atoms with Gasteiger partial charge in [0.2, 0.25) is 0 Å². The normalized spacial score (nSPS) is 7.87. The van der Waals surface area contributed by atoms with Crippen molar-refractivity contribution in [3.8, 4) is 0 Å². The van der Waals surface area contributed by atoms with Gasteiger partial charge in [-0.2, -0.15) is 0 Å². The van der Waals surface area contributed by atoms with Crippen LogP contribution in [0.4, 0.5) is 0 Å². The molecular weight excluding hydrogens is 593 g/mol. The van der Waals surface area contributed by atoms with E-state index in [0.29, 0.717) is 0 Å². The minimum atomic E-state index is -3.54. The van der Waals surface area contributed by atoms with Crippen molar-refractivity contribution in [1.82, 2.24) is 0 Å². The van der Waals surface area contributed by atoms with E-state index in [4.69, 9.17) is 9.11 Å². The first-order valence-electron chi connectivity index (χ1n) is 1.61. The molecule has 0 bridgehead atoms. The maximum absolute atomic E-state index is 9.24. The van der Waals surface area contributed by atoms with Crippen molar-refractivity contribution in [3.63, 3.8) is 0 Å². The van der Waals surface area contributed by atoms with E-state index in [-0.39, 0.29) is 107 Å². The van der Waals surface area contributed by atoms with Gasteiger partial charge in [0.25, 0.3) is 0 Å². The summed E-state index contributed by atoms with van der Waals surface area (Å²) in [4.78, 5) is 0. The second-order valence-electron chi connectivity index (χ2n) is 1.16. The Bertz CT molecular complexity index is 225. The van der Waals surface area contributed by atoms with Crippen LogP contribution in [0.1, 0.15) is 0 Å². The van der Waals surface area contributed by atoms with Crippen LogP contribution in [-0.4, -0.2) is 60.1 Å². The van der Waals surface area contributed by atoms with Gasteiger partial charge in [0.1, 0.15) is 0 Å².